The van der Waals surface area contributed by atoms with Crippen molar-refractivity contribution in [3.8, 4) is 5.75 Å². The lowest BCUT2D eigenvalue weighted by atomic mass is 10.0. The Morgan fingerprint density at radius 1 is 1.19 bits per heavy atom. The zero-order chi connectivity index (χ0) is 18.1. The second-order valence-electron chi connectivity index (χ2n) is 6.67. The molecule has 7 nitrogen and oxygen atoms in total. The lowest BCUT2D eigenvalue weighted by Crippen LogP contribution is -2.47. The normalized spacial score (nSPS) is 22.5. The Kier molecular flexibility index (Phi) is 4.76. The van der Waals surface area contributed by atoms with Crippen LogP contribution in [0.1, 0.15) is 36.7 Å². The van der Waals surface area contributed by atoms with Gasteiger partial charge in [-0.2, -0.15) is 0 Å². The van der Waals surface area contributed by atoms with E-state index in [-0.39, 0.29) is 17.2 Å². The van der Waals surface area contributed by atoms with E-state index < -0.39 is 0 Å². The van der Waals surface area contributed by atoms with Crippen molar-refractivity contribution in [2.45, 2.75) is 42.6 Å². The summed E-state index contributed by atoms with van der Waals surface area (Å²) >= 11 is 1.50. The van der Waals surface area contributed by atoms with Gasteiger partial charge in [0.25, 0.3) is 0 Å². The van der Waals surface area contributed by atoms with Crippen molar-refractivity contribution in [2.24, 2.45) is 0 Å². The van der Waals surface area contributed by atoms with Gasteiger partial charge in [-0.3, -0.25) is 4.79 Å². The summed E-state index contributed by atoms with van der Waals surface area (Å²) in [5.41, 5.74) is 4.50. The molecule has 1 amide bonds. The van der Waals surface area contributed by atoms with Crippen LogP contribution in [0.25, 0.3) is 0 Å². The second-order valence-corrected chi connectivity index (χ2v) is 7.78. The van der Waals surface area contributed by atoms with Gasteiger partial charge in [-0.05, 0) is 43.9 Å². The number of ether oxygens (including phenoxy) is 1. The third-order valence-electron chi connectivity index (χ3n) is 4.98. The number of nitrogens with one attached hydrogen (secondary N) is 1. The highest BCUT2D eigenvalue weighted by Crippen LogP contribution is 2.38. The smallest absolute Gasteiger partial charge is 0.238 e. The van der Waals surface area contributed by atoms with Crippen LogP contribution in [0.2, 0.25) is 0 Å². The summed E-state index contributed by atoms with van der Waals surface area (Å²) in [7, 11) is 1.65. The van der Waals surface area contributed by atoms with Gasteiger partial charge in [-0.1, -0.05) is 23.9 Å². The number of methoxy groups -OCH3 is 1. The monoisotopic (exact) mass is 373 g/mol. The fraction of sp³-hybridized carbons (Fsp3) is 0.500. The molecule has 0 unspecified atom stereocenters. The molecule has 0 radical (unpaired) electrons. The maximum absolute atomic E-state index is 13.3. The summed E-state index contributed by atoms with van der Waals surface area (Å²) in [6.07, 6.45) is 3.37. The van der Waals surface area contributed by atoms with Gasteiger partial charge >= 0.3 is 0 Å². The average Bonchev–Trinajstić information content (AvgIpc) is 3.07. The Labute approximate surface area is 157 Å². The van der Waals surface area contributed by atoms with E-state index in [0.29, 0.717) is 0 Å². The number of nitrogens with zero attached hydrogens (tertiary/aromatic N) is 4. The maximum atomic E-state index is 13.3. The standard InChI is InChI=1S/C18H23N5O2S/c1-12-19-20-18-23(12)21-15(13-6-8-14(25-2)9-7-13)16(26-18)17(24)22-10-4-3-5-11-22/h6-9,15-16,21H,3-5,10-11H2,1-2H3/t15-,16-/m0/s1. The van der Waals surface area contributed by atoms with Gasteiger partial charge in [0.05, 0.1) is 13.2 Å². The van der Waals surface area contributed by atoms with E-state index in [1.165, 1.54) is 18.2 Å². The summed E-state index contributed by atoms with van der Waals surface area (Å²) in [5, 5.41) is 8.83. The van der Waals surface area contributed by atoms with Gasteiger partial charge in [0.15, 0.2) is 0 Å². The van der Waals surface area contributed by atoms with E-state index >= 15 is 0 Å². The zero-order valence-electron chi connectivity index (χ0n) is 15.0. The number of fused-ring (bicyclic) bond motifs is 1. The molecule has 1 aromatic carbocycles. The predicted octanol–water partition coefficient (Wildman–Crippen LogP) is 2.37. The molecular weight excluding hydrogens is 350 g/mol. The van der Waals surface area contributed by atoms with E-state index in [4.69, 9.17) is 4.74 Å². The summed E-state index contributed by atoms with van der Waals surface area (Å²) in [4.78, 5) is 15.3. The molecule has 0 saturated carbocycles. The maximum Gasteiger partial charge on any atom is 0.238 e. The van der Waals surface area contributed by atoms with Gasteiger partial charge in [0, 0.05) is 13.1 Å². The number of hydrogen-bond acceptors (Lipinski definition) is 6. The van der Waals surface area contributed by atoms with Gasteiger partial charge < -0.3 is 15.1 Å². The van der Waals surface area contributed by atoms with Crippen LogP contribution in [0.15, 0.2) is 29.4 Å². The molecule has 0 aliphatic carbocycles. The van der Waals surface area contributed by atoms with Crippen molar-refractivity contribution in [3.63, 3.8) is 0 Å². The number of aromatic nitrogens is 3. The number of rotatable bonds is 3. The van der Waals surface area contributed by atoms with Gasteiger partial charge in [-0.25, -0.2) is 4.68 Å². The van der Waals surface area contributed by atoms with E-state index in [0.717, 1.165) is 48.2 Å². The number of piperidine rings is 1. The summed E-state index contributed by atoms with van der Waals surface area (Å²) in [6, 6.07) is 7.73. The number of carbonyl (C=O) groups is 1. The fourth-order valence-electron chi connectivity index (χ4n) is 3.50. The van der Waals surface area contributed by atoms with Crippen LogP contribution >= 0.6 is 11.8 Å². The lowest BCUT2D eigenvalue weighted by molar-refractivity contribution is -0.131. The van der Waals surface area contributed by atoms with Crippen LogP contribution in [0.4, 0.5) is 0 Å². The molecule has 1 N–H and O–H groups in total. The first-order valence-corrected chi connectivity index (χ1v) is 9.83. The molecule has 1 saturated heterocycles. The van der Waals surface area contributed by atoms with Crippen LogP contribution in [0.3, 0.4) is 0 Å². The third kappa shape index (κ3) is 3.13. The highest BCUT2D eigenvalue weighted by Gasteiger charge is 2.39. The first-order chi connectivity index (χ1) is 12.7. The van der Waals surface area contributed by atoms with E-state index in [1.807, 2.05) is 40.8 Å². The number of thioether (sulfide) groups is 1. The molecule has 2 aliphatic rings. The quantitative estimate of drug-likeness (QED) is 0.891. The first-order valence-electron chi connectivity index (χ1n) is 8.95. The third-order valence-corrected chi connectivity index (χ3v) is 6.19. The minimum absolute atomic E-state index is 0.150. The molecule has 4 rings (SSSR count). The van der Waals surface area contributed by atoms with E-state index in [1.54, 1.807) is 7.11 Å². The van der Waals surface area contributed by atoms with Crippen molar-refractivity contribution >= 4 is 17.7 Å². The number of hydrogen-bond donors (Lipinski definition) is 1. The first kappa shape index (κ1) is 17.2. The molecule has 138 valence electrons. The molecule has 1 fully saturated rings. The van der Waals surface area contributed by atoms with Crippen LogP contribution in [-0.4, -0.2) is 51.1 Å². The molecule has 8 heteroatoms. The summed E-state index contributed by atoms with van der Waals surface area (Å²) in [6.45, 7) is 3.59. The van der Waals surface area contributed by atoms with Crippen molar-refractivity contribution in [3.05, 3.63) is 35.7 Å². The molecule has 2 aromatic rings. The lowest BCUT2D eigenvalue weighted by Gasteiger charge is -2.37. The van der Waals surface area contributed by atoms with Crippen LogP contribution in [0.5, 0.6) is 5.75 Å². The van der Waals surface area contributed by atoms with E-state index in [9.17, 15) is 4.79 Å². The van der Waals surface area contributed by atoms with Crippen molar-refractivity contribution < 1.29 is 9.53 Å². The van der Waals surface area contributed by atoms with Crippen molar-refractivity contribution in [1.29, 1.82) is 0 Å². The van der Waals surface area contributed by atoms with Crippen LogP contribution in [-0.2, 0) is 4.79 Å². The predicted molar refractivity (Wildman–Crippen MR) is 99.9 cm³/mol. The molecule has 0 bridgehead atoms. The zero-order valence-corrected chi connectivity index (χ0v) is 15.8. The Morgan fingerprint density at radius 2 is 1.92 bits per heavy atom. The number of amides is 1. The number of aryl methyl sites for hydroxylation is 1. The number of benzene rings is 1. The van der Waals surface area contributed by atoms with Crippen LogP contribution in [0, 0.1) is 6.92 Å². The summed E-state index contributed by atoms with van der Waals surface area (Å²) < 4.78 is 7.14. The molecular formula is C18H23N5O2S. The summed E-state index contributed by atoms with van der Waals surface area (Å²) in [5.74, 6) is 1.77. The highest BCUT2D eigenvalue weighted by atomic mass is 32.2. The van der Waals surface area contributed by atoms with Gasteiger partial charge in [0.2, 0.25) is 11.1 Å². The second kappa shape index (κ2) is 7.19. The molecule has 0 spiro atoms. The molecule has 26 heavy (non-hydrogen) atoms. The highest BCUT2D eigenvalue weighted by molar-refractivity contribution is 8.00. The molecule has 1 aromatic heterocycles. The van der Waals surface area contributed by atoms with Crippen molar-refractivity contribution in [1.82, 2.24) is 19.8 Å². The Bertz CT molecular complexity index is 785. The fourth-order valence-corrected chi connectivity index (χ4v) is 4.71. The van der Waals surface area contributed by atoms with Gasteiger partial charge in [-0.15, -0.1) is 10.2 Å². The molecule has 2 aliphatic heterocycles. The van der Waals surface area contributed by atoms with Crippen molar-refractivity contribution in [2.75, 3.05) is 25.6 Å². The van der Waals surface area contributed by atoms with Crippen LogP contribution < -0.4 is 10.2 Å². The minimum atomic E-state index is -0.266. The largest absolute Gasteiger partial charge is 0.497 e. The Balaban J connectivity index is 1.66. The molecule has 3 heterocycles. The topological polar surface area (TPSA) is 72.3 Å². The molecule has 2 atom stereocenters. The Morgan fingerprint density at radius 3 is 2.62 bits per heavy atom. The van der Waals surface area contributed by atoms with Gasteiger partial charge in [0.1, 0.15) is 16.8 Å². The Hall–Kier alpha value is -2.22. The van der Waals surface area contributed by atoms with E-state index in [2.05, 4.69) is 15.6 Å². The average molecular weight is 373 g/mol. The minimum Gasteiger partial charge on any atom is -0.497 e. The number of likely N-dealkylation sites (tertiary alicyclic amines) is 1. The SMILES string of the molecule is COc1ccc([C@@H]2Nn3c(C)nnc3S[C@@H]2C(=O)N2CCCCC2)cc1. The number of carbonyl (C=O) groups excluding carboxylic acids is 1.